The van der Waals surface area contributed by atoms with E-state index in [1.807, 2.05) is 12.3 Å². The van der Waals surface area contributed by atoms with Gasteiger partial charge in [-0.2, -0.15) is 0 Å². The molecule has 5 nitrogen and oxygen atoms in total. The molecule has 0 amide bonds. The summed E-state index contributed by atoms with van der Waals surface area (Å²) in [5.74, 6) is 1.41. The van der Waals surface area contributed by atoms with Gasteiger partial charge in [-0.05, 0) is 37.1 Å². The summed E-state index contributed by atoms with van der Waals surface area (Å²) < 4.78 is 11.6. The van der Waals surface area contributed by atoms with Crippen LogP contribution < -0.4 is 9.47 Å². The second-order valence-corrected chi connectivity index (χ2v) is 7.38. The first-order valence-electron chi connectivity index (χ1n) is 8.57. The van der Waals surface area contributed by atoms with Crippen LogP contribution in [0.4, 0.5) is 0 Å². The van der Waals surface area contributed by atoms with E-state index in [0.29, 0.717) is 30.8 Å². The molecule has 2 aliphatic carbocycles. The smallest absolute Gasteiger partial charge is 0.174 e. The zero-order chi connectivity index (χ0) is 16.7. The number of carbonyl (C=O) groups is 1. The molecule has 24 heavy (non-hydrogen) atoms. The summed E-state index contributed by atoms with van der Waals surface area (Å²) in [6.07, 6.45) is 3.49. The molecule has 1 saturated carbocycles. The van der Waals surface area contributed by atoms with E-state index < -0.39 is 17.1 Å². The molecule has 1 aromatic rings. The predicted molar refractivity (Wildman–Crippen MR) is 87.3 cm³/mol. The number of hydrogen-bond acceptors (Lipinski definition) is 5. The fraction of sp³-hybridized carbons (Fsp3) is 0.526. The fourth-order valence-electron chi connectivity index (χ4n) is 5.73. The Labute approximate surface area is 140 Å². The third kappa shape index (κ3) is 1.32. The molecule has 0 aromatic heterocycles. The zero-order valence-corrected chi connectivity index (χ0v) is 13.7. The number of benzene rings is 1. The molecule has 2 aliphatic heterocycles. The van der Waals surface area contributed by atoms with Crippen LogP contribution in [0, 0.1) is 0 Å². The van der Waals surface area contributed by atoms with E-state index in [-0.39, 0.29) is 11.8 Å². The number of ketones is 1. The molecule has 4 aliphatic rings. The number of hydrogen-bond donors (Lipinski definition) is 1. The van der Waals surface area contributed by atoms with Crippen LogP contribution in [0.25, 0.3) is 0 Å². The van der Waals surface area contributed by atoms with Crippen LogP contribution in [0.2, 0.25) is 0 Å². The minimum atomic E-state index is -0.970. The number of ether oxygens (including phenoxy) is 2. The minimum absolute atomic E-state index is 0.0604. The van der Waals surface area contributed by atoms with Gasteiger partial charge in [0.05, 0.1) is 24.2 Å². The SMILES string of the molecule is C=CN1CCC23c4c5ccc(OC)c4OC2C(=O)CCC3(O)C1C5. The van der Waals surface area contributed by atoms with Crippen molar-refractivity contribution in [1.29, 1.82) is 0 Å². The van der Waals surface area contributed by atoms with Crippen molar-refractivity contribution in [1.82, 2.24) is 4.90 Å². The van der Waals surface area contributed by atoms with Crippen molar-refractivity contribution in [2.24, 2.45) is 0 Å². The fourth-order valence-corrected chi connectivity index (χ4v) is 5.73. The van der Waals surface area contributed by atoms with Crippen molar-refractivity contribution in [2.45, 2.75) is 48.8 Å². The van der Waals surface area contributed by atoms with Crippen molar-refractivity contribution >= 4 is 5.78 Å². The summed E-state index contributed by atoms with van der Waals surface area (Å²) in [5.41, 5.74) is 0.554. The Balaban J connectivity index is 1.84. The molecule has 2 fully saturated rings. The molecule has 5 heteroatoms. The van der Waals surface area contributed by atoms with Crippen LogP contribution in [0.5, 0.6) is 11.5 Å². The molecule has 4 atom stereocenters. The van der Waals surface area contributed by atoms with Crippen molar-refractivity contribution in [3.63, 3.8) is 0 Å². The maximum Gasteiger partial charge on any atom is 0.174 e. The second kappa shape index (κ2) is 4.33. The van der Waals surface area contributed by atoms with Gasteiger partial charge in [0.25, 0.3) is 0 Å². The molecular weight excluding hydrogens is 306 g/mol. The van der Waals surface area contributed by atoms with Gasteiger partial charge < -0.3 is 19.5 Å². The Morgan fingerprint density at radius 1 is 1.46 bits per heavy atom. The Morgan fingerprint density at radius 2 is 2.29 bits per heavy atom. The second-order valence-electron chi connectivity index (χ2n) is 7.38. The van der Waals surface area contributed by atoms with Crippen LogP contribution in [0.1, 0.15) is 30.4 Å². The van der Waals surface area contributed by atoms with Gasteiger partial charge in [0, 0.05) is 18.5 Å². The van der Waals surface area contributed by atoms with E-state index in [9.17, 15) is 9.90 Å². The van der Waals surface area contributed by atoms with Gasteiger partial charge >= 0.3 is 0 Å². The van der Waals surface area contributed by atoms with Crippen LogP contribution in [-0.4, -0.2) is 47.2 Å². The first kappa shape index (κ1) is 14.3. The molecule has 1 saturated heterocycles. The summed E-state index contributed by atoms with van der Waals surface area (Å²) in [6, 6.07) is 3.91. The standard InChI is InChI=1S/C19H21NO4/c1-3-20-9-8-18-15-11-4-5-13(23-2)16(15)24-17(18)12(21)6-7-19(18,22)14(20)10-11/h3-5,14,17,22H,1,6-10H2,2H3. The van der Waals surface area contributed by atoms with E-state index >= 15 is 0 Å². The molecule has 1 N–H and O–H groups in total. The number of piperidine rings is 1. The zero-order valence-electron chi connectivity index (χ0n) is 13.7. The van der Waals surface area contributed by atoms with Crippen molar-refractivity contribution in [3.05, 3.63) is 36.0 Å². The van der Waals surface area contributed by atoms with E-state index in [1.54, 1.807) is 7.11 Å². The third-order valence-electron chi connectivity index (χ3n) is 6.74. The maximum absolute atomic E-state index is 12.7. The molecule has 0 radical (unpaired) electrons. The average molecular weight is 327 g/mol. The van der Waals surface area contributed by atoms with E-state index in [4.69, 9.17) is 9.47 Å². The van der Waals surface area contributed by atoms with E-state index in [0.717, 1.165) is 24.1 Å². The summed E-state index contributed by atoms with van der Waals surface area (Å²) in [7, 11) is 1.61. The lowest BCUT2D eigenvalue weighted by molar-refractivity contribution is -0.182. The molecule has 1 spiro atoms. The van der Waals surface area contributed by atoms with Crippen molar-refractivity contribution in [2.75, 3.05) is 13.7 Å². The quantitative estimate of drug-likeness (QED) is 0.893. The highest BCUT2D eigenvalue weighted by Gasteiger charge is 2.73. The van der Waals surface area contributed by atoms with Crippen LogP contribution in [-0.2, 0) is 16.6 Å². The Kier molecular flexibility index (Phi) is 2.59. The predicted octanol–water partition coefficient (Wildman–Crippen LogP) is 1.56. The highest BCUT2D eigenvalue weighted by atomic mass is 16.5. The lowest BCUT2D eigenvalue weighted by Crippen LogP contribution is -2.75. The largest absolute Gasteiger partial charge is 0.493 e. The number of methoxy groups -OCH3 is 1. The van der Waals surface area contributed by atoms with E-state index in [2.05, 4.69) is 17.5 Å². The summed E-state index contributed by atoms with van der Waals surface area (Å²) in [4.78, 5) is 14.8. The van der Waals surface area contributed by atoms with Crippen LogP contribution in [0.3, 0.4) is 0 Å². The highest BCUT2D eigenvalue weighted by molar-refractivity contribution is 5.90. The third-order valence-corrected chi connectivity index (χ3v) is 6.74. The van der Waals surface area contributed by atoms with Crippen molar-refractivity contribution < 1.29 is 19.4 Å². The number of rotatable bonds is 2. The number of likely N-dealkylation sites (tertiary alicyclic amines) is 1. The minimum Gasteiger partial charge on any atom is -0.493 e. The van der Waals surface area contributed by atoms with Crippen LogP contribution >= 0.6 is 0 Å². The van der Waals surface area contributed by atoms with Gasteiger partial charge in [-0.3, -0.25) is 4.79 Å². The number of aliphatic hydroxyl groups is 1. The average Bonchev–Trinajstić information content (AvgIpc) is 2.93. The number of carbonyl (C=O) groups excluding carboxylic acids is 1. The Hall–Kier alpha value is -2.01. The van der Waals surface area contributed by atoms with Crippen LogP contribution in [0.15, 0.2) is 24.9 Å². The summed E-state index contributed by atoms with van der Waals surface area (Å²) in [5, 5.41) is 11.8. The molecule has 4 unspecified atom stereocenters. The first-order valence-corrected chi connectivity index (χ1v) is 8.57. The van der Waals surface area contributed by atoms with Gasteiger partial charge in [-0.25, -0.2) is 0 Å². The molecule has 2 bridgehead atoms. The Morgan fingerprint density at radius 3 is 3.04 bits per heavy atom. The number of nitrogens with zero attached hydrogens (tertiary/aromatic N) is 1. The lowest BCUT2D eigenvalue weighted by Gasteiger charge is -2.62. The van der Waals surface area contributed by atoms with Gasteiger partial charge in [-0.1, -0.05) is 12.6 Å². The first-order chi connectivity index (χ1) is 11.6. The van der Waals surface area contributed by atoms with Gasteiger partial charge in [0.15, 0.2) is 23.4 Å². The van der Waals surface area contributed by atoms with Gasteiger partial charge in [0.1, 0.15) is 0 Å². The summed E-state index contributed by atoms with van der Waals surface area (Å²) in [6.45, 7) is 4.70. The van der Waals surface area contributed by atoms with Crippen molar-refractivity contribution in [3.8, 4) is 11.5 Å². The Bertz CT molecular complexity index is 775. The van der Waals surface area contributed by atoms with E-state index in [1.165, 1.54) is 0 Å². The molecule has 5 rings (SSSR count). The maximum atomic E-state index is 12.7. The molecule has 2 heterocycles. The van der Waals surface area contributed by atoms with Gasteiger partial charge in [-0.15, -0.1) is 0 Å². The topological polar surface area (TPSA) is 59.0 Å². The summed E-state index contributed by atoms with van der Waals surface area (Å²) >= 11 is 0. The highest BCUT2D eigenvalue weighted by Crippen LogP contribution is 2.64. The van der Waals surface area contributed by atoms with Gasteiger partial charge in [0.2, 0.25) is 0 Å². The lowest BCUT2D eigenvalue weighted by atomic mass is 9.49. The molecule has 126 valence electrons. The number of Topliss-reactive ketones (excluding diaryl/α,β-unsaturated/α-hetero) is 1. The normalized spacial score (nSPS) is 38.4. The molecule has 1 aromatic carbocycles. The molecular formula is C19H21NO4. The monoisotopic (exact) mass is 327 g/mol.